The fourth-order valence-electron chi connectivity index (χ4n) is 4.54. The van der Waals surface area contributed by atoms with E-state index in [4.69, 9.17) is 4.74 Å². The molecule has 2 aromatic carbocycles. The second-order valence-electron chi connectivity index (χ2n) is 12.1. The van der Waals surface area contributed by atoms with E-state index in [2.05, 4.69) is 97.4 Å². The molecule has 0 saturated heterocycles. The van der Waals surface area contributed by atoms with Gasteiger partial charge in [0.15, 0.2) is 5.82 Å². The van der Waals surface area contributed by atoms with E-state index in [1.54, 1.807) is 11.0 Å². The van der Waals surface area contributed by atoms with Gasteiger partial charge in [0.25, 0.3) is 0 Å². The second kappa shape index (κ2) is 11.2. The largest absolute Gasteiger partial charge is 0.359 e. The fourth-order valence-corrected chi connectivity index (χ4v) is 5.30. The Labute approximate surface area is 212 Å². The lowest BCUT2D eigenvalue weighted by Crippen LogP contribution is -2.35. The summed E-state index contributed by atoms with van der Waals surface area (Å²) in [5, 5.41) is 8.39. The van der Waals surface area contributed by atoms with E-state index >= 15 is 0 Å². The Morgan fingerprint density at radius 2 is 1.71 bits per heavy atom. The smallest absolute Gasteiger partial charge is 0.181 e. The van der Waals surface area contributed by atoms with Gasteiger partial charge in [0.1, 0.15) is 13.1 Å². The minimum atomic E-state index is -1.08. The van der Waals surface area contributed by atoms with Crippen molar-refractivity contribution in [3.8, 4) is 22.5 Å². The number of hydrogen-bond acceptors (Lipinski definition) is 4. The summed E-state index contributed by atoms with van der Waals surface area (Å²) in [5.74, 6) is 0.733. The molecule has 1 fully saturated rings. The molecule has 0 amide bonds. The molecular formula is C29H42N4OSi. The van der Waals surface area contributed by atoms with Gasteiger partial charge < -0.3 is 10.1 Å². The number of rotatable bonds is 10. The maximum Gasteiger partial charge on any atom is 0.181 e. The van der Waals surface area contributed by atoms with Crippen LogP contribution >= 0.6 is 0 Å². The molecular weight excluding hydrogens is 448 g/mol. The molecule has 0 atom stereocenters. The third kappa shape index (κ3) is 7.85. The van der Waals surface area contributed by atoms with Gasteiger partial charge in [-0.05, 0) is 59.9 Å². The first-order chi connectivity index (χ1) is 16.7. The Kier molecular flexibility index (Phi) is 8.25. The predicted molar refractivity (Wildman–Crippen MR) is 148 cm³/mol. The topological polar surface area (TPSA) is 52.0 Å². The van der Waals surface area contributed by atoms with Crippen LogP contribution in [0.25, 0.3) is 22.5 Å². The van der Waals surface area contributed by atoms with Gasteiger partial charge in [0.05, 0.1) is 0 Å². The van der Waals surface area contributed by atoms with Crippen molar-refractivity contribution in [2.45, 2.75) is 84.5 Å². The summed E-state index contributed by atoms with van der Waals surface area (Å²) in [6.45, 7) is 14.0. The molecule has 1 aliphatic carbocycles. The maximum absolute atomic E-state index is 5.81. The lowest BCUT2D eigenvalue weighted by molar-refractivity contribution is 0.0785. The van der Waals surface area contributed by atoms with Crippen LogP contribution in [0.4, 0.5) is 0 Å². The van der Waals surface area contributed by atoms with Gasteiger partial charge in [-0.25, -0.2) is 9.67 Å². The number of ether oxygens (including phenoxy) is 1. The van der Waals surface area contributed by atoms with E-state index in [-0.39, 0.29) is 0 Å². The summed E-state index contributed by atoms with van der Waals surface area (Å²) in [6.07, 6.45) is 6.96. The highest BCUT2D eigenvalue weighted by atomic mass is 28.3. The lowest BCUT2D eigenvalue weighted by Gasteiger charge is -2.34. The number of hydrogen-bond donors (Lipinski definition) is 1. The molecule has 1 aliphatic rings. The molecule has 35 heavy (non-hydrogen) atoms. The lowest BCUT2D eigenvalue weighted by atomic mass is 9.75. The van der Waals surface area contributed by atoms with Crippen molar-refractivity contribution in [1.82, 2.24) is 20.1 Å². The standard InChI is InChI=1S/C29H42N4OSi/c1-29(2)15-13-27(14-16-29)30-20-23-9-11-24(12-10-23)25-7-6-8-26(19-25)28-31-21-33(32-28)22-34-17-18-35(3,4)5/h6-12,19,21,27,30H,13-18,20,22H2,1-5H3. The van der Waals surface area contributed by atoms with Crippen LogP contribution in [0.15, 0.2) is 54.9 Å². The van der Waals surface area contributed by atoms with Gasteiger partial charge in [0.2, 0.25) is 0 Å². The highest BCUT2D eigenvalue weighted by Crippen LogP contribution is 2.35. The molecule has 4 rings (SSSR count). The number of benzene rings is 2. The van der Waals surface area contributed by atoms with E-state index in [9.17, 15) is 0 Å². The van der Waals surface area contributed by atoms with Gasteiger partial charge in [-0.15, -0.1) is 5.10 Å². The van der Waals surface area contributed by atoms with Gasteiger partial charge in [-0.3, -0.25) is 0 Å². The van der Waals surface area contributed by atoms with Crippen LogP contribution in [0.1, 0.15) is 45.1 Å². The van der Waals surface area contributed by atoms with Crippen molar-refractivity contribution in [3.05, 3.63) is 60.4 Å². The van der Waals surface area contributed by atoms with Crippen LogP contribution in [-0.4, -0.2) is 35.5 Å². The minimum absolute atomic E-state index is 0.450. The average Bonchev–Trinajstić information content (AvgIpc) is 3.30. The molecule has 0 radical (unpaired) electrons. The Morgan fingerprint density at radius 3 is 2.43 bits per heavy atom. The Balaban J connectivity index is 1.32. The summed E-state index contributed by atoms with van der Waals surface area (Å²) in [4.78, 5) is 4.51. The van der Waals surface area contributed by atoms with Gasteiger partial charge in [-0.1, -0.05) is 76.0 Å². The molecule has 188 valence electrons. The van der Waals surface area contributed by atoms with Crippen LogP contribution in [-0.2, 0) is 18.0 Å². The molecule has 0 spiro atoms. The molecule has 6 heteroatoms. The van der Waals surface area contributed by atoms with Crippen LogP contribution in [0.3, 0.4) is 0 Å². The molecule has 5 nitrogen and oxygen atoms in total. The number of nitrogens with one attached hydrogen (secondary N) is 1. The van der Waals surface area contributed by atoms with Crippen molar-refractivity contribution in [2.75, 3.05) is 6.61 Å². The van der Waals surface area contributed by atoms with Crippen LogP contribution in [0.5, 0.6) is 0 Å². The zero-order chi connectivity index (χ0) is 24.9. The third-order valence-electron chi connectivity index (χ3n) is 7.10. The van der Waals surface area contributed by atoms with Crippen molar-refractivity contribution in [2.24, 2.45) is 5.41 Å². The second-order valence-corrected chi connectivity index (χ2v) is 17.7. The number of aromatic nitrogens is 3. The highest BCUT2D eigenvalue weighted by Gasteiger charge is 2.26. The van der Waals surface area contributed by atoms with Crippen molar-refractivity contribution < 1.29 is 4.74 Å². The Morgan fingerprint density at radius 1 is 1.00 bits per heavy atom. The van der Waals surface area contributed by atoms with Crippen LogP contribution in [0.2, 0.25) is 25.7 Å². The minimum Gasteiger partial charge on any atom is -0.359 e. The highest BCUT2D eigenvalue weighted by molar-refractivity contribution is 6.76. The van der Waals surface area contributed by atoms with Gasteiger partial charge >= 0.3 is 0 Å². The molecule has 3 aromatic rings. The van der Waals surface area contributed by atoms with E-state index in [0.29, 0.717) is 18.2 Å². The first kappa shape index (κ1) is 25.8. The first-order valence-electron chi connectivity index (χ1n) is 13.1. The summed E-state index contributed by atoms with van der Waals surface area (Å²) < 4.78 is 7.59. The number of nitrogens with zero attached hydrogens (tertiary/aromatic N) is 3. The normalized spacial score (nSPS) is 16.5. The van der Waals surface area contributed by atoms with E-state index < -0.39 is 8.07 Å². The zero-order valence-electron chi connectivity index (χ0n) is 22.2. The molecule has 0 aliphatic heterocycles. The predicted octanol–water partition coefficient (Wildman–Crippen LogP) is 6.98. The van der Waals surface area contributed by atoms with Gasteiger partial charge in [-0.2, -0.15) is 0 Å². The van der Waals surface area contributed by atoms with Crippen LogP contribution in [0, 0.1) is 5.41 Å². The molecule has 0 unspecified atom stereocenters. The van der Waals surface area contributed by atoms with Crippen molar-refractivity contribution in [1.29, 1.82) is 0 Å². The zero-order valence-corrected chi connectivity index (χ0v) is 23.2. The van der Waals surface area contributed by atoms with Crippen molar-refractivity contribution in [3.63, 3.8) is 0 Å². The third-order valence-corrected chi connectivity index (χ3v) is 8.80. The Bertz CT molecular complexity index is 1070. The SMILES string of the molecule is CC1(C)CCC(NCc2ccc(-c3cccc(-c4ncn(COCC[Si](C)(C)C)n4)c3)cc2)CC1. The van der Waals surface area contributed by atoms with Crippen LogP contribution < -0.4 is 5.32 Å². The summed E-state index contributed by atoms with van der Waals surface area (Å²) in [6, 6.07) is 19.2. The monoisotopic (exact) mass is 490 g/mol. The summed E-state index contributed by atoms with van der Waals surface area (Å²) in [5.41, 5.74) is 5.27. The molecule has 1 N–H and O–H groups in total. The maximum atomic E-state index is 5.81. The summed E-state index contributed by atoms with van der Waals surface area (Å²) >= 11 is 0. The van der Waals surface area contributed by atoms with E-state index in [1.165, 1.54) is 42.4 Å². The Hall–Kier alpha value is -2.28. The van der Waals surface area contributed by atoms with E-state index in [1.807, 2.05) is 0 Å². The summed E-state index contributed by atoms with van der Waals surface area (Å²) in [7, 11) is -1.08. The molecule has 1 saturated carbocycles. The van der Waals surface area contributed by atoms with E-state index in [0.717, 1.165) is 30.6 Å². The quantitative estimate of drug-likeness (QED) is 0.246. The van der Waals surface area contributed by atoms with Gasteiger partial charge in [0, 0.05) is 32.8 Å². The average molecular weight is 491 g/mol. The first-order valence-corrected chi connectivity index (χ1v) is 16.8. The molecule has 1 aromatic heterocycles. The van der Waals surface area contributed by atoms with Crippen molar-refractivity contribution >= 4 is 8.07 Å². The molecule has 0 bridgehead atoms. The molecule has 1 heterocycles. The fraction of sp³-hybridized carbons (Fsp3) is 0.517.